The second-order valence-corrected chi connectivity index (χ2v) is 5.66. The minimum absolute atomic E-state index is 0.113. The molecular weight excluding hydrogens is 176 g/mol. The maximum Gasteiger partial charge on any atom is 0.136 e. The van der Waals surface area contributed by atoms with E-state index < -0.39 is 5.60 Å². The molecule has 0 aromatic rings. The lowest BCUT2D eigenvalue weighted by Gasteiger charge is -2.51. The van der Waals surface area contributed by atoms with Crippen LogP contribution in [0.3, 0.4) is 0 Å². The second kappa shape index (κ2) is 3.06. The van der Waals surface area contributed by atoms with E-state index in [0.717, 1.165) is 25.7 Å². The first-order valence-electron chi connectivity index (χ1n) is 5.70. The largest absolute Gasteiger partial charge is 0.389 e. The lowest BCUT2D eigenvalue weighted by atomic mass is 9.55. The topological polar surface area (TPSA) is 37.3 Å². The fraction of sp³-hybridized carbons (Fsp3) is 0.917. The molecule has 0 amide bonds. The second-order valence-electron chi connectivity index (χ2n) is 5.66. The fourth-order valence-electron chi connectivity index (χ4n) is 3.42. The van der Waals surface area contributed by atoms with Crippen molar-refractivity contribution in [1.29, 1.82) is 0 Å². The van der Waals surface area contributed by atoms with Gasteiger partial charge in [0.2, 0.25) is 0 Å². The molecule has 1 N–H and O–H groups in total. The monoisotopic (exact) mass is 196 g/mol. The number of carbonyl (C=O) groups excluding carboxylic acids is 1. The van der Waals surface area contributed by atoms with Gasteiger partial charge >= 0.3 is 0 Å². The van der Waals surface area contributed by atoms with Gasteiger partial charge in [-0.25, -0.2) is 0 Å². The Morgan fingerprint density at radius 2 is 2.00 bits per heavy atom. The average Bonchev–Trinajstić information content (AvgIpc) is 2.00. The van der Waals surface area contributed by atoms with E-state index in [9.17, 15) is 9.90 Å². The number of ketones is 1. The van der Waals surface area contributed by atoms with Gasteiger partial charge < -0.3 is 5.11 Å². The van der Waals surface area contributed by atoms with Crippen LogP contribution in [0.25, 0.3) is 0 Å². The van der Waals surface area contributed by atoms with Gasteiger partial charge in [0, 0.05) is 12.8 Å². The van der Waals surface area contributed by atoms with Crippen molar-refractivity contribution >= 4 is 5.78 Å². The molecule has 0 unspecified atom stereocenters. The molecule has 0 spiro atoms. The molecule has 2 aliphatic carbocycles. The first kappa shape index (κ1) is 10.2. The highest BCUT2D eigenvalue weighted by atomic mass is 16.3. The van der Waals surface area contributed by atoms with Crippen LogP contribution in [0, 0.1) is 11.3 Å². The van der Waals surface area contributed by atoms with Crippen LogP contribution in [-0.4, -0.2) is 16.5 Å². The number of Topliss-reactive ketones (excluding diaryl/α,β-unsaturated/α-hetero) is 1. The molecule has 2 aliphatic rings. The smallest absolute Gasteiger partial charge is 0.136 e. The summed E-state index contributed by atoms with van der Waals surface area (Å²) < 4.78 is 0. The van der Waals surface area contributed by atoms with E-state index in [1.165, 1.54) is 0 Å². The highest BCUT2D eigenvalue weighted by Crippen LogP contribution is 2.53. The summed E-state index contributed by atoms with van der Waals surface area (Å²) in [5.41, 5.74) is -0.541. The van der Waals surface area contributed by atoms with E-state index in [1.54, 1.807) is 0 Å². The zero-order valence-electron chi connectivity index (χ0n) is 9.18. The molecule has 2 atom stereocenters. The Morgan fingerprint density at radius 3 is 2.64 bits per heavy atom. The average molecular weight is 196 g/mol. The van der Waals surface area contributed by atoms with Crippen molar-refractivity contribution in [3.8, 4) is 0 Å². The van der Waals surface area contributed by atoms with E-state index in [2.05, 4.69) is 13.8 Å². The molecule has 2 heteroatoms. The predicted octanol–water partition coefficient (Wildman–Crippen LogP) is 2.30. The molecule has 0 aliphatic heterocycles. The summed E-state index contributed by atoms with van der Waals surface area (Å²) in [5, 5.41) is 10.3. The van der Waals surface area contributed by atoms with E-state index in [1.807, 2.05) is 0 Å². The van der Waals surface area contributed by atoms with Crippen molar-refractivity contribution in [2.24, 2.45) is 11.3 Å². The Morgan fingerprint density at radius 1 is 1.29 bits per heavy atom. The number of carbonyl (C=O) groups is 1. The van der Waals surface area contributed by atoms with Crippen molar-refractivity contribution in [3.63, 3.8) is 0 Å². The van der Waals surface area contributed by atoms with Crippen molar-refractivity contribution in [2.75, 3.05) is 0 Å². The summed E-state index contributed by atoms with van der Waals surface area (Å²) in [6, 6.07) is 0. The third-order valence-corrected chi connectivity index (χ3v) is 4.30. The van der Waals surface area contributed by atoms with Crippen LogP contribution in [0.4, 0.5) is 0 Å². The summed E-state index contributed by atoms with van der Waals surface area (Å²) in [4.78, 5) is 11.6. The third kappa shape index (κ3) is 1.50. The molecule has 0 aromatic carbocycles. The lowest BCUT2D eigenvalue weighted by molar-refractivity contribution is -0.147. The van der Waals surface area contributed by atoms with Crippen LogP contribution in [0.5, 0.6) is 0 Å². The molecule has 14 heavy (non-hydrogen) atoms. The molecule has 2 fully saturated rings. The quantitative estimate of drug-likeness (QED) is 0.698. The maximum absolute atomic E-state index is 11.6. The number of aliphatic hydroxyl groups is 1. The minimum Gasteiger partial charge on any atom is -0.389 e. The molecule has 0 radical (unpaired) electrons. The molecule has 80 valence electrons. The Kier molecular flexibility index (Phi) is 2.22. The predicted molar refractivity (Wildman–Crippen MR) is 54.9 cm³/mol. The van der Waals surface area contributed by atoms with Crippen LogP contribution in [-0.2, 0) is 4.79 Å². The Balaban J connectivity index is 2.28. The van der Waals surface area contributed by atoms with Gasteiger partial charge in [-0.15, -0.1) is 0 Å². The first-order chi connectivity index (χ1) is 6.46. The molecule has 2 rings (SSSR count). The van der Waals surface area contributed by atoms with Crippen molar-refractivity contribution < 1.29 is 9.90 Å². The standard InChI is InChI=1S/C12H20O2/c1-9(2)11-4-3-5-12(14,8-11)7-10(13)6-11/h9,14H,3-8H2,1-2H3/t11-,12+/m1/s1. The number of hydrogen-bond donors (Lipinski definition) is 1. The molecule has 2 bridgehead atoms. The molecule has 2 saturated carbocycles. The van der Waals surface area contributed by atoms with Crippen LogP contribution in [0.2, 0.25) is 0 Å². The maximum atomic E-state index is 11.6. The van der Waals surface area contributed by atoms with Gasteiger partial charge in [-0.2, -0.15) is 0 Å². The highest BCUT2D eigenvalue weighted by molar-refractivity contribution is 5.81. The number of fused-ring (bicyclic) bond motifs is 2. The van der Waals surface area contributed by atoms with E-state index >= 15 is 0 Å². The van der Waals surface area contributed by atoms with Crippen LogP contribution in [0.15, 0.2) is 0 Å². The Labute approximate surface area is 85.7 Å². The van der Waals surface area contributed by atoms with Gasteiger partial charge in [-0.05, 0) is 30.6 Å². The van der Waals surface area contributed by atoms with Gasteiger partial charge in [0.15, 0.2) is 0 Å². The van der Waals surface area contributed by atoms with Gasteiger partial charge in [-0.3, -0.25) is 4.79 Å². The summed E-state index contributed by atoms with van der Waals surface area (Å²) >= 11 is 0. The Hall–Kier alpha value is -0.370. The Bertz CT molecular complexity index is 259. The van der Waals surface area contributed by atoms with Gasteiger partial charge in [0.05, 0.1) is 5.60 Å². The zero-order valence-corrected chi connectivity index (χ0v) is 9.18. The normalized spacial score (nSPS) is 43.0. The molecule has 0 saturated heterocycles. The minimum atomic E-state index is -0.655. The third-order valence-electron chi connectivity index (χ3n) is 4.30. The fourth-order valence-corrected chi connectivity index (χ4v) is 3.42. The summed E-state index contributed by atoms with van der Waals surface area (Å²) in [7, 11) is 0. The van der Waals surface area contributed by atoms with Crippen LogP contribution in [0.1, 0.15) is 52.4 Å². The van der Waals surface area contributed by atoms with Crippen LogP contribution >= 0.6 is 0 Å². The SMILES string of the molecule is CC(C)[C@]12CCC[C@](O)(CC(=O)C1)C2. The van der Waals surface area contributed by atoms with E-state index in [4.69, 9.17) is 0 Å². The first-order valence-corrected chi connectivity index (χ1v) is 5.70. The summed E-state index contributed by atoms with van der Waals surface area (Å²) in [6.45, 7) is 4.37. The van der Waals surface area contributed by atoms with E-state index in [-0.39, 0.29) is 11.2 Å². The number of hydrogen-bond acceptors (Lipinski definition) is 2. The highest BCUT2D eigenvalue weighted by Gasteiger charge is 2.51. The van der Waals surface area contributed by atoms with Crippen molar-refractivity contribution in [1.82, 2.24) is 0 Å². The molecule has 2 nitrogen and oxygen atoms in total. The summed E-state index contributed by atoms with van der Waals surface area (Å²) in [6.07, 6.45) is 4.99. The van der Waals surface area contributed by atoms with Crippen LogP contribution < -0.4 is 0 Å². The van der Waals surface area contributed by atoms with E-state index in [0.29, 0.717) is 18.8 Å². The molecular formula is C12H20O2. The molecule has 0 aromatic heterocycles. The van der Waals surface area contributed by atoms with Gasteiger partial charge in [-0.1, -0.05) is 20.3 Å². The van der Waals surface area contributed by atoms with Gasteiger partial charge in [0.1, 0.15) is 5.78 Å². The van der Waals surface area contributed by atoms with Crippen molar-refractivity contribution in [2.45, 2.75) is 58.0 Å². The van der Waals surface area contributed by atoms with Crippen molar-refractivity contribution in [3.05, 3.63) is 0 Å². The zero-order chi connectivity index (χ0) is 10.4. The lowest BCUT2D eigenvalue weighted by Crippen LogP contribution is -2.50. The van der Waals surface area contributed by atoms with Gasteiger partial charge in [0.25, 0.3) is 0 Å². The summed E-state index contributed by atoms with van der Waals surface area (Å²) in [5.74, 6) is 0.783. The molecule has 0 heterocycles. The number of rotatable bonds is 1.